The topological polar surface area (TPSA) is 93.1 Å². The van der Waals surface area contributed by atoms with Gasteiger partial charge in [0.25, 0.3) is 0 Å². The number of methoxy groups -OCH3 is 1. The predicted molar refractivity (Wildman–Crippen MR) is 111 cm³/mol. The molecular formula is C22H27NO6S. The number of rotatable bonds is 4. The Morgan fingerprint density at radius 1 is 1.13 bits per heavy atom. The molecule has 3 rings (SSSR count). The van der Waals surface area contributed by atoms with Crippen molar-refractivity contribution in [2.75, 3.05) is 13.7 Å². The van der Waals surface area contributed by atoms with Crippen LogP contribution in [0.15, 0.2) is 46.2 Å². The fourth-order valence-electron chi connectivity index (χ4n) is 3.32. The van der Waals surface area contributed by atoms with Crippen molar-refractivity contribution >= 4 is 15.9 Å². The van der Waals surface area contributed by atoms with Crippen LogP contribution in [0.25, 0.3) is 0 Å². The third kappa shape index (κ3) is 4.60. The van der Waals surface area contributed by atoms with E-state index in [4.69, 9.17) is 9.47 Å². The number of aliphatic hydroxyl groups is 1. The summed E-state index contributed by atoms with van der Waals surface area (Å²) in [4.78, 5) is 14.2. The SMILES string of the molecule is COc1cc2c(cc1S(=O)(=O)c1ccc(CO)cc1)CN(C(=O)OC(C)(C)C)CC2. The standard InChI is InChI=1S/C22H27NO6S/c1-22(2,3)29-21(25)23-10-9-16-11-19(28-4)20(12-17(16)13-23)30(26,27)18-7-5-15(14-24)6-8-18/h5-8,11-12,24H,9-10,13-14H2,1-4H3. The number of hydrogen-bond acceptors (Lipinski definition) is 6. The molecule has 0 fully saturated rings. The maximum Gasteiger partial charge on any atom is 0.410 e. The zero-order valence-corrected chi connectivity index (χ0v) is 18.5. The van der Waals surface area contributed by atoms with Crippen molar-refractivity contribution in [3.63, 3.8) is 0 Å². The number of nitrogens with zero attached hydrogens (tertiary/aromatic N) is 1. The van der Waals surface area contributed by atoms with Gasteiger partial charge in [0.15, 0.2) is 0 Å². The number of carbonyl (C=O) groups excluding carboxylic acids is 1. The van der Waals surface area contributed by atoms with E-state index in [0.717, 1.165) is 11.1 Å². The normalized spacial score (nSPS) is 14.2. The van der Waals surface area contributed by atoms with Crippen LogP contribution in [0.1, 0.15) is 37.5 Å². The van der Waals surface area contributed by atoms with Gasteiger partial charge < -0.3 is 19.5 Å². The van der Waals surface area contributed by atoms with Crippen molar-refractivity contribution in [1.29, 1.82) is 0 Å². The average molecular weight is 434 g/mol. The van der Waals surface area contributed by atoms with Crippen LogP contribution in [0.5, 0.6) is 5.75 Å². The Morgan fingerprint density at radius 2 is 1.80 bits per heavy atom. The minimum absolute atomic E-state index is 0.0477. The van der Waals surface area contributed by atoms with Crippen LogP contribution in [0.2, 0.25) is 0 Å². The van der Waals surface area contributed by atoms with Gasteiger partial charge in [-0.25, -0.2) is 13.2 Å². The number of carbonyl (C=O) groups is 1. The van der Waals surface area contributed by atoms with E-state index in [0.29, 0.717) is 18.5 Å². The number of aliphatic hydroxyl groups excluding tert-OH is 1. The van der Waals surface area contributed by atoms with E-state index < -0.39 is 21.5 Å². The van der Waals surface area contributed by atoms with Crippen LogP contribution in [-0.4, -0.2) is 43.8 Å². The van der Waals surface area contributed by atoms with Crippen molar-refractivity contribution < 1.29 is 27.8 Å². The zero-order valence-electron chi connectivity index (χ0n) is 17.6. The molecule has 0 aliphatic carbocycles. The van der Waals surface area contributed by atoms with Gasteiger partial charge in [-0.2, -0.15) is 0 Å². The Morgan fingerprint density at radius 3 is 2.37 bits per heavy atom. The highest BCUT2D eigenvalue weighted by Gasteiger charge is 2.29. The Labute approximate surface area is 177 Å². The first-order chi connectivity index (χ1) is 14.0. The highest BCUT2D eigenvalue weighted by molar-refractivity contribution is 7.91. The van der Waals surface area contributed by atoms with Crippen molar-refractivity contribution in [3.05, 3.63) is 53.1 Å². The van der Waals surface area contributed by atoms with E-state index in [9.17, 15) is 18.3 Å². The van der Waals surface area contributed by atoms with Gasteiger partial charge in [-0.3, -0.25) is 0 Å². The summed E-state index contributed by atoms with van der Waals surface area (Å²) in [5.74, 6) is 0.269. The lowest BCUT2D eigenvalue weighted by molar-refractivity contribution is 0.0224. The molecule has 2 aromatic rings. The Kier molecular flexibility index (Phi) is 6.10. The molecule has 0 radical (unpaired) electrons. The van der Waals surface area contributed by atoms with Crippen molar-refractivity contribution in [2.24, 2.45) is 0 Å². The van der Waals surface area contributed by atoms with Gasteiger partial charge in [0.1, 0.15) is 16.2 Å². The molecule has 162 valence electrons. The summed E-state index contributed by atoms with van der Waals surface area (Å²) in [6, 6.07) is 9.39. The average Bonchev–Trinajstić information content (AvgIpc) is 2.71. The smallest absolute Gasteiger partial charge is 0.410 e. The van der Waals surface area contributed by atoms with Crippen molar-refractivity contribution in [3.8, 4) is 5.75 Å². The number of ether oxygens (including phenoxy) is 2. The molecule has 0 spiro atoms. The molecule has 1 heterocycles. The van der Waals surface area contributed by atoms with E-state index in [1.165, 1.54) is 19.2 Å². The lowest BCUT2D eigenvalue weighted by atomic mass is 9.99. The molecule has 0 saturated carbocycles. The minimum Gasteiger partial charge on any atom is -0.495 e. The zero-order chi connectivity index (χ0) is 22.1. The molecule has 2 aromatic carbocycles. The molecule has 0 saturated heterocycles. The van der Waals surface area contributed by atoms with Gasteiger partial charge >= 0.3 is 6.09 Å². The summed E-state index contributed by atoms with van der Waals surface area (Å²) in [5, 5.41) is 9.19. The summed E-state index contributed by atoms with van der Waals surface area (Å²) in [7, 11) is -2.41. The van der Waals surface area contributed by atoms with E-state index in [1.807, 2.05) is 0 Å². The predicted octanol–water partition coefficient (Wildman–Crippen LogP) is 3.31. The van der Waals surface area contributed by atoms with Crippen LogP contribution in [-0.2, 0) is 34.1 Å². The third-order valence-corrected chi connectivity index (χ3v) is 6.65. The van der Waals surface area contributed by atoms with E-state index in [-0.39, 0.29) is 28.7 Å². The van der Waals surface area contributed by atoms with Crippen molar-refractivity contribution in [1.82, 2.24) is 4.90 Å². The third-order valence-electron chi connectivity index (χ3n) is 4.86. The Hall–Kier alpha value is -2.58. The molecule has 1 aliphatic rings. The fraction of sp³-hybridized carbons (Fsp3) is 0.409. The summed E-state index contributed by atoms with van der Waals surface area (Å²) in [5.41, 5.74) is 1.71. The Bertz CT molecular complexity index is 1040. The van der Waals surface area contributed by atoms with Gasteiger partial charge in [-0.1, -0.05) is 12.1 Å². The first kappa shape index (κ1) is 22.1. The largest absolute Gasteiger partial charge is 0.495 e. The second-order valence-electron chi connectivity index (χ2n) is 8.23. The maximum absolute atomic E-state index is 13.3. The second kappa shape index (κ2) is 8.28. The van der Waals surface area contributed by atoms with Gasteiger partial charge in [-0.15, -0.1) is 0 Å². The molecule has 0 aromatic heterocycles. The number of sulfone groups is 1. The molecule has 7 nitrogen and oxygen atoms in total. The van der Waals surface area contributed by atoms with Crippen LogP contribution in [0, 0.1) is 0 Å². The van der Waals surface area contributed by atoms with Crippen LogP contribution in [0.4, 0.5) is 4.79 Å². The lowest BCUT2D eigenvalue weighted by Crippen LogP contribution is -2.40. The van der Waals surface area contributed by atoms with Crippen LogP contribution in [0.3, 0.4) is 0 Å². The monoisotopic (exact) mass is 433 g/mol. The summed E-state index contributed by atoms with van der Waals surface area (Å²) in [6.07, 6.45) is 0.157. The highest BCUT2D eigenvalue weighted by Crippen LogP contribution is 2.34. The van der Waals surface area contributed by atoms with Crippen LogP contribution < -0.4 is 4.74 Å². The molecule has 30 heavy (non-hydrogen) atoms. The molecule has 0 bridgehead atoms. The maximum atomic E-state index is 13.3. The Balaban J connectivity index is 1.97. The summed E-state index contributed by atoms with van der Waals surface area (Å²) in [6.45, 7) is 6.00. The molecule has 1 amide bonds. The van der Waals surface area contributed by atoms with Crippen molar-refractivity contribution in [2.45, 2.75) is 55.7 Å². The first-order valence-corrected chi connectivity index (χ1v) is 11.2. The summed E-state index contributed by atoms with van der Waals surface area (Å²) < 4.78 is 37.3. The van der Waals surface area contributed by atoms with E-state index in [1.54, 1.807) is 49.9 Å². The van der Waals surface area contributed by atoms with Gasteiger partial charge in [0.2, 0.25) is 9.84 Å². The first-order valence-electron chi connectivity index (χ1n) is 9.68. The molecule has 8 heteroatoms. The fourth-order valence-corrected chi connectivity index (χ4v) is 4.77. The lowest BCUT2D eigenvalue weighted by Gasteiger charge is -2.31. The van der Waals surface area contributed by atoms with Crippen LogP contribution >= 0.6 is 0 Å². The van der Waals surface area contributed by atoms with Gasteiger partial charge in [-0.05, 0) is 68.1 Å². The van der Waals surface area contributed by atoms with Gasteiger partial charge in [0, 0.05) is 13.1 Å². The number of amides is 1. The van der Waals surface area contributed by atoms with E-state index >= 15 is 0 Å². The number of benzene rings is 2. The number of fused-ring (bicyclic) bond motifs is 1. The summed E-state index contributed by atoms with van der Waals surface area (Å²) >= 11 is 0. The molecule has 1 N–H and O–H groups in total. The number of hydrogen-bond donors (Lipinski definition) is 1. The molecule has 0 atom stereocenters. The molecule has 1 aliphatic heterocycles. The second-order valence-corrected chi connectivity index (χ2v) is 10.1. The highest BCUT2D eigenvalue weighted by atomic mass is 32.2. The molecule has 0 unspecified atom stereocenters. The quantitative estimate of drug-likeness (QED) is 0.795. The van der Waals surface area contributed by atoms with Gasteiger partial charge in [0.05, 0.1) is 18.6 Å². The molecular weight excluding hydrogens is 406 g/mol. The minimum atomic E-state index is -3.85. The van der Waals surface area contributed by atoms with E-state index in [2.05, 4.69) is 0 Å².